The lowest BCUT2D eigenvalue weighted by Gasteiger charge is -2.16. The molecule has 3 aromatic rings. The van der Waals surface area contributed by atoms with Crippen molar-refractivity contribution in [3.05, 3.63) is 105 Å². The topological polar surface area (TPSA) is 58.6 Å². The minimum Gasteiger partial charge on any atom is -0.489 e. The molecule has 4 rings (SSSR count). The first-order valence-electron chi connectivity index (χ1n) is 10.1. The molecule has 0 radical (unpaired) electrons. The Morgan fingerprint density at radius 1 is 1.15 bits per heavy atom. The highest BCUT2D eigenvalue weighted by molar-refractivity contribution is 8.26. The van der Waals surface area contributed by atoms with Crippen LogP contribution < -0.4 is 10.2 Å². The van der Waals surface area contributed by atoms with E-state index in [1.54, 1.807) is 60.7 Å². The van der Waals surface area contributed by atoms with Crippen LogP contribution in [0.5, 0.6) is 5.75 Å². The van der Waals surface area contributed by atoms with Gasteiger partial charge in [-0.2, -0.15) is 5.01 Å². The molecule has 2 amide bonds. The molecule has 0 aliphatic carbocycles. The predicted octanol–water partition coefficient (Wildman–Crippen LogP) is 5.91. The SMILES string of the molecule is Cc1ccc(C(=O)NN2C(=O)/C(=C/c3ccc(OCc4ccc(F)cc4)cc3)SC2=S)c(Cl)c1. The number of hydrazine groups is 1. The van der Waals surface area contributed by atoms with Gasteiger partial charge in [0.1, 0.15) is 18.2 Å². The summed E-state index contributed by atoms with van der Waals surface area (Å²) < 4.78 is 18.9. The minimum atomic E-state index is -0.523. The third-order valence-corrected chi connectivity index (χ3v) is 6.49. The van der Waals surface area contributed by atoms with Crippen molar-refractivity contribution in [2.24, 2.45) is 0 Å². The number of carbonyl (C=O) groups excluding carboxylic acids is 2. The number of halogens is 2. The standard InChI is InChI=1S/C25H18ClFN2O3S2/c1-15-2-11-20(21(26)12-15)23(30)28-29-24(31)22(34-25(29)33)13-16-5-9-19(10-6-16)32-14-17-3-7-18(27)8-4-17/h2-13H,14H2,1H3,(H,28,30)/b22-13-. The lowest BCUT2D eigenvalue weighted by molar-refractivity contribution is -0.123. The summed E-state index contributed by atoms with van der Waals surface area (Å²) >= 11 is 12.5. The van der Waals surface area contributed by atoms with Gasteiger partial charge in [-0.05, 0) is 78.3 Å². The molecular formula is C25H18ClFN2O3S2. The number of hydrogen-bond acceptors (Lipinski definition) is 5. The second kappa shape index (κ2) is 10.4. The Morgan fingerprint density at radius 3 is 2.53 bits per heavy atom. The third-order valence-electron chi connectivity index (χ3n) is 4.87. The fraction of sp³-hybridized carbons (Fsp3) is 0.0800. The van der Waals surface area contributed by atoms with Crippen LogP contribution in [0, 0.1) is 12.7 Å². The molecule has 1 fully saturated rings. The largest absolute Gasteiger partial charge is 0.489 e. The summed E-state index contributed by atoms with van der Waals surface area (Å²) in [6.07, 6.45) is 1.69. The summed E-state index contributed by atoms with van der Waals surface area (Å²) in [7, 11) is 0. The zero-order valence-corrected chi connectivity index (χ0v) is 20.3. The fourth-order valence-electron chi connectivity index (χ4n) is 3.09. The molecule has 172 valence electrons. The molecule has 1 heterocycles. The maximum absolute atomic E-state index is 13.0. The van der Waals surface area contributed by atoms with Gasteiger partial charge in [-0.1, -0.05) is 53.7 Å². The number of benzene rings is 3. The molecule has 0 spiro atoms. The summed E-state index contributed by atoms with van der Waals surface area (Å²) in [5, 5.41) is 1.34. The fourth-order valence-corrected chi connectivity index (χ4v) is 4.59. The Balaban J connectivity index is 1.40. The Bertz CT molecular complexity index is 1290. The van der Waals surface area contributed by atoms with Gasteiger partial charge in [0.2, 0.25) is 0 Å². The summed E-state index contributed by atoms with van der Waals surface area (Å²) in [6, 6.07) is 18.3. The van der Waals surface area contributed by atoms with Crippen molar-refractivity contribution in [1.29, 1.82) is 0 Å². The number of thioether (sulfide) groups is 1. The number of carbonyl (C=O) groups is 2. The van der Waals surface area contributed by atoms with Crippen molar-refractivity contribution in [2.75, 3.05) is 0 Å². The molecule has 5 nitrogen and oxygen atoms in total. The molecule has 0 bridgehead atoms. The predicted molar refractivity (Wildman–Crippen MR) is 136 cm³/mol. The first-order chi connectivity index (χ1) is 16.3. The van der Waals surface area contributed by atoms with Gasteiger partial charge in [0.15, 0.2) is 4.32 Å². The zero-order valence-electron chi connectivity index (χ0n) is 17.9. The number of nitrogens with zero attached hydrogens (tertiary/aromatic N) is 1. The minimum absolute atomic E-state index is 0.215. The lowest BCUT2D eigenvalue weighted by Crippen LogP contribution is -2.44. The van der Waals surface area contributed by atoms with Crippen LogP contribution in [0.3, 0.4) is 0 Å². The van der Waals surface area contributed by atoms with E-state index in [-0.39, 0.29) is 15.7 Å². The lowest BCUT2D eigenvalue weighted by atomic mass is 10.1. The highest BCUT2D eigenvalue weighted by Crippen LogP contribution is 2.32. The highest BCUT2D eigenvalue weighted by Gasteiger charge is 2.34. The summed E-state index contributed by atoms with van der Waals surface area (Å²) in [6.45, 7) is 2.17. The van der Waals surface area contributed by atoms with Gasteiger partial charge in [-0.3, -0.25) is 15.0 Å². The van der Waals surface area contributed by atoms with Crippen LogP contribution in [0.15, 0.2) is 71.6 Å². The van der Waals surface area contributed by atoms with E-state index in [2.05, 4.69) is 5.43 Å². The maximum Gasteiger partial charge on any atom is 0.285 e. The first kappa shape index (κ1) is 23.9. The zero-order chi connectivity index (χ0) is 24.2. The Kier molecular flexibility index (Phi) is 7.31. The van der Waals surface area contributed by atoms with E-state index in [9.17, 15) is 14.0 Å². The van der Waals surface area contributed by atoms with Gasteiger partial charge >= 0.3 is 0 Å². The molecule has 0 atom stereocenters. The second-order valence-corrected chi connectivity index (χ2v) is 9.51. The molecule has 9 heteroatoms. The van der Waals surface area contributed by atoms with E-state index < -0.39 is 11.8 Å². The number of ether oxygens (including phenoxy) is 1. The Hall–Kier alpha value is -3.20. The molecule has 34 heavy (non-hydrogen) atoms. The summed E-state index contributed by atoms with van der Waals surface area (Å²) in [4.78, 5) is 25.8. The van der Waals surface area contributed by atoms with Crippen LogP contribution in [0.1, 0.15) is 27.0 Å². The Morgan fingerprint density at radius 2 is 1.85 bits per heavy atom. The second-order valence-electron chi connectivity index (χ2n) is 7.43. The van der Waals surface area contributed by atoms with Crippen molar-refractivity contribution in [2.45, 2.75) is 13.5 Å². The molecule has 1 aliphatic rings. The van der Waals surface area contributed by atoms with Gasteiger partial charge in [-0.25, -0.2) is 4.39 Å². The molecule has 0 aromatic heterocycles. The van der Waals surface area contributed by atoms with E-state index >= 15 is 0 Å². The Labute approximate surface area is 210 Å². The third kappa shape index (κ3) is 5.64. The van der Waals surface area contributed by atoms with Crippen molar-refractivity contribution >= 4 is 57.8 Å². The molecule has 1 saturated heterocycles. The van der Waals surface area contributed by atoms with Gasteiger partial charge in [-0.15, -0.1) is 0 Å². The number of nitrogens with one attached hydrogen (secondary N) is 1. The molecule has 1 N–H and O–H groups in total. The molecular weight excluding hydrogens is 495 g/mol. The van der Waals surface area contributed by atoms with Crippen LogP contribution in [0.25, 0.3) is 6.08 Å². The smallest absolute Gasteiger partial charge is 0.285 e. The van der Waals surface area contributed by atoms with Crippen molar-refractivity contribution in [1.82, 2.24) is 10.4 Å². The highest BCUT2D eigenvalue weighted by atomic mass is 35.5. The number of rotatable bonds is 6. The average molecular weight is 513 g/mol. The van der Waals surface area contributed by atoms with Crippen LogP contribution in [0.4, 0.5) is 4.39 Å². The van der Waals surface area contributed by atoms with Crippen LogP contribution in [-0.2, 0) is 11.4 Å². The normalized spacial score (nSPS) is 14.6. The van der Waals surface area contributed by atoms with Crippen LogP contribution in [-0.4, -0.2) is 21.1 Å². The quantitative estimate of drug-likeness (QED) is 0.328. The van der Waals surface area contributed by atoms with E-state index in [1.807, 2.05) is 6.92 Å². The maximum atomic E-state index is 13.0. The van der Waals surface area contributed by atoms with Crippen LogP contribution >= 0.6 is 35.6 Å². The van der Waals surface area contributed by atoms with Crippen molar-refractivity contribution in [3.8, 4) is 5.75 Å². The van der Waals surface area contributed by atoms with Gasteiger partial charge in [0.05, 0.1) is 15.5 Å². The van der Waals surface area contributed by atoms with E-state index in [0.717, 1.165) is 33.5 Å². The van der Waals surface area contributed by atoms with Crippen molar-refractivity contribution in [3.63, 3.8) is 0 Å². The van der Waals surface area contributed by atoms with E-state index in [0.29, 0.717) is 22.3 Å². The number of thiocarbonyl (C=S) groups is 1. The molecule has 0 unspecified atom stereocenters. The number of amides is 2. The van der Waals surface area contributed by atoms with Gasteiger partial charge < -0.3 is 4.74 Å². The van der Waals surface area contributed by atoms with Crippen LogP contribution in [0.2, 0.25) is 5.02 Å². The molecule has 1 aliphatic heterocycles. The van der Waals surface area contributed by atoms with Gasteiger partial charge in [0, 0.05) is 0 Å². The summed E-state index contributed by atoms with van der Waals surface area (Å²) in [5.41, 5.74) is 5.32. The number of aryl methyl sites for hydroxylation is 1. The van der Waals surface area contributed by atoms with Crippen molar-refractivity contribution < 1.29 is 18.7 Å². The van der Waals surface area contributed by atoms with E-state index in [1.165, 1.54) is 12.1 Å². The van der Waals surface area contributed by atoms with E-state index in [4.69, 9.17) is 28.6 Å². The molecule has 0 saturated carbocycles. The first-order valence-corrected chi connectivity index (χ1v) is 11.7. The van der Waals surface area contributed by atoms with Gasteiger partial charge in [0.25, 0.3) is 11.8 Å². The number of hydrogen-bond donors (Lipinski definition) is 1. The monoisotopic (exact) mass is 512 g/mol. The summed E-state index contributed by atoms with van der Waals surface area (Å²) in [5.74, 6) is -0.610. The molecule has 3 aromatic carbocycles. The average Bonchev–Trinajstić information content (AvgIpc) is 3.07.